The minimum absolute atomic E-state index is 0.0364. The highest BCUT2D eigenvalue weighted by Crippen LogP contribution is 1.94. The molecule has 1 heterocycles. The molecule has 1 unspecified atom stereocenters. The van der Waals surface area contributed by atoms with Crippen LogP contribution in [-0.2, 0) is 18.9 Å². The fraction of sp³-hybridized carbons (Fsp3) is 0.556. The molecule has 1 atom stereocenters. The third kappa shape index (κ3) is 2.52. The van der Waals surface area contributed by atoms with Crippen LogP contribution in [0.25, 0.3) is 0 Å². The van der Waals surface area contributed by atoms with Gasteiger partial charge in [-0.1, -0.05) is 0 Å². The van der Waals surface area contributed by atoms with Crippen molar-refractivity contribution in [3.8, 4) is 0 Å². The molecule has 1 rings (SSSR count). The smallest absolute Gasteiger partial charge is 0.346 e. The Morgan fingerprint density at radius 1 is 1.35 bits per heavy atom. The molecule has 0 aromatic carbocycles. The predicted molar refractivity (Wildman–Crippen MR) is 61.9 cm³/mol. The van der Waals surface area contributed by atoms with E-state index in [2.05, 4.69) is 15.7 Å². The van der Waals surface area contributed by atoms with Crippen molar-refractivity contribution in [1.29, 1.82) is 0 Å². The Morgan fingerprint density at radius 2 is 1.94 bits per heavy atom. The van der Waals surface area contributed by atoms with Crippen molar-refractivity contribution in [2.75, 3.05) is 12.4 Å². The van der Waals surface area contributed by atoms with Crippen LogP contribution < -0.4 is 21.9 Å². The number of aromatic nitrogens is 3. The number of carbonyl (C=O) groups excluding carboxylic acids is 1. The van der Waals surface area contributed by atoms with E-state index < -0.39 is 17.3 Å². The highest BCUT2D eigenvalue weighted by Gasteiger charge is 2.15. The van der Waals surface area contributed by atoms with E-state index in [1.54, 1.807) is 6.92 Å². The van der Waals surface area contributed by atoms with E-state index in [0.717, 1.165) is 9.25 Å². The molecule has 0 saturated carbocycles. The van der Waals surface area contributed by atoms with Crippen molar-refractivity contribution in [2.24, 2.45) is 14.1 Å². The minimum atomic E-state index is -0.613. The maximum Gasteiger partial charge on any atom is 0.346 e. The second kappa shape index (κ2) is 4.81. The van der Waals surface area contributed by atoms with Crippen LogP contribution in [0.3, 0.4) is 0 Å². The quantitative estimate of drug-likeness (QED) is 0.639. The molecule has 8 nitrogen and oxygen atoms in total. The Bertz CT molecular complexity index is 545. The number of nitrogens with zero attached hydrogens (tertiary/aromatic N) is 3. The van der Waals surface area contributed by atoms with E-state index in [1.807, 2.05) is 0 Å². The summed E-state index contributed by atoms with van der Waals surface area (Å²) in [5.74, 6) is -0.312. The van der Waals surface area contributed by atoms with Crippen LogP contribution in [0.5, 0.6) is 0 Å². The van der Waals surface area contributed by atoms with Crippen LogP contribution in [0, 0.1) is 0 Å². The Kier molecular flexibility index (Phi) is 3.66. The average molecular weight is 241 g/mol. The second-order valence-corrected chi connectivity index (χ2v) is 3.60. The molecule has 8 heteroatoms. The number of rotatable bonds is 3. The summed E-state index contributed by atoms with van der Waals surface area (Å²) in [4.78, 5) is 34.3. The van der Waals surface area contributed by atoms with E-state index in [9.17, 15) is 14.4 Å². The molecule has 0 radical (unpaired) electrons. The molecule has 1 aromatic rings. The van der Waals surface area contributed by atoms with Gasteiger partial charge in [0.25, 0.3) is 5.56 Å². The van der Waals surface area contributed by atoms with Gasteiger partial charge < -0.3 is 10.6 Å². The van der Waals surface area contributed by atoms with E-state index >= 15 is 0 Å². The fourth-order valence-corrected chi connectivity index (χ4v) is 1.28. The maximum absolute atomic E-state index is 11.7. The topological polar surface area (TPSA) is 98.0 Å². The van der Waals surface area contributed by atoms with Gasteiger partial charge in [-0.3, -0.25) is 14.2 Å². The zero-order valence-corrected chi connectivity index (χ0v) is 10.1. The fourth-order valence-electron chi connectivity index (χ4n) is 1.28. The summed E-state index contributed by atoms with van der Waals surface area (Å²) in [5, 5.41) is 8.86. The number of carbonyl (C=O) groups is 1. The number of likely N-dealkylation sites (N-methyl/N-ethyl adjacent to an activating group) is 1. The number of amides is 1. The van der Waals surface area contributed by atoms with Crippen LogP contribution in [0.1, 0.15) is 6.92 Å². The molecule has 2 N–H and O–H groups in total. The van der Waals surface area contributed by atoms with Crippen molar-refractivity contribution in [3.63, 3.8) is 0 Å². The summed E-state index contributed by atoms with van der Waals surface area (Å²) in [7, 11) is 4.27. The number of aryl methyl sites for hydroxylation is 1. The SMILES string of the molecule is CNC(=O)C(C)Nc1nn(C)c(=O)n(C)c1=O. The number of hydrogen-bond donors (Lipinski definition) is 2. The highest BCUT2D eigenvalue weighted by atomic mass is 16.2. The van der Waals surface area contributed by atoms with Gasteiger partial charge >= 0.3 is 5.69 Å². The molecule has 0 saturated heterocycles. The normalized spacial score (nSPS) is 12.0. The zero-order chi connectivity index (χ0) is 13.2. The molecule has 1 aromatic heterocycles. The van der Waals surface area contributed by atoms with Crippen molar-refractivity contribution < 1.29 is 4.79 Å². The first-order valence-corrected chi connectivity index (χ1v) is 5.01. The molecule has 1 amide bonds. The largest absolute Gasteiger partial charge is 0.357 e. The maximum atomic E-state index is 11.7. The highest BCUT2D eigenvalue weighted by molar-refractivity contribution is 5.83. The van der Waals surface area contributed by atoms with Crippen molar-refractivity contribution >= 4 is 11.7 Å². The van der Waals surface area contributed by atoms with Gasteiger partial charge in [-0.15, -0.1) is 5.10 Å². The Balaban J connectivity index is 3.13. The lowest BCUT2D eigenvalue weighted by atomic mass is 10.3. The number of hydrogen-bond acceptors (Lipinski definition) is 5. The first kappa shape index (κ1) is 12.9. The Labute approximate surface area is 97.3 Å². The van der Waals surface area contributed by atoms with Gasteiger partial charge in [0.1, 0.15) is 6.04 Å². The van der Waals surface area contributed by atoms with Gasteiger partial charge in [-0.05, 0) is 6.92 Å². The molecule has 0 aliphatic heterocycles. The van der Waals surface area contributed by atoms with Crippen LogP contribution in [-0.4, -0.2) is 33.3 Å². The predicted octanol–water partition coefficient (Wildman–Crippen LogP) is -1.97. The van der Waals surface area contributed by atoms with Crippen molar-refractivity contribution in [1.82, 2.24) is 19.7 Å². The number of anilines is 1. The van der Waals surface area contributed by atoms with Gasteiger partial charge in [0.15, 0.2) is 0 Å². The molecule has 0 aliphatic rings. The molecule has 0 spiro atoms. The summed E-state index contributed by atoms with van der Waals surface area (Å²) < 4.78 is 1.95. The molecule has 0 aliphatic carbocycles. The third-order valence-corrected chi connectivity index (χ3v) is 2.31. The average Bonchev–Trinajstić information content (AvgIpc) is 2.32. The van der Waals surface area contributed by atoms with Crippen molar-refractivity contribution in [3.05, 3.63) is 20.8 Å². The zero-order valence-electron chi connectivity index (χ0n) is 10.1. The van der Waals surface area contributed by atoms with E-state index in [-0.39, 0.29) is 11.7 Å². The van der Waals surface area contributed by atoms with Gasteiger partial charge in [0, 0.05) is 21.1 Å². The lowest BCUT2D eigenvalue weighted by Gasteiger charge is -2.13. The molecule has 0 fully saturated rings. The Morgan fingerprint density at radius 3 is 2.47 bits per heavy atom. The van der Waals surface area contributed by atoms with E-state index in [4.69, 9.17) is 0 Å². The van der Waals surface area contributed by atoms with Crippen molar-refractivity contribution in [2.45, 2.75) is 13.0 Å². The lowest BCUT2D eigenvalue weighted by molar-refractivity contribution is -0.121. The van der Waals surface area contributed by atoms with Crippen LogP contribution in [0.2, 0.25) is 0 Å². The van der Waals surface area contributed by atoms with Crippen LogP contribution in [0.15, 0.2) is 9.59 Å². The molecular formula is C9H15N5O3. The standard InChI is InChI=1S/C9H15N5O3/c1-5(7(15)10-2)11-6-8(16)13(3)9(17)14(4)12-6/h5H,1-4H3,(H,10,15)(H,11,12). The van der Waals surface area contributed by atoms with Crippen LogP contribution >= 0.6 is 0 Å². The molecule has 0 bridgehead atoms. The van der Waals surface area contributed by atoms with Gasteiger partial charge in [-0.25, -0.2) is 9.48 Å². The first-order valence-electron chi connectivity index (χ1n) is 5.01. The summed E-state index contributed by atoms with van der Waals surface area (Å²) in [6, 6.07) is -0.613. The number of nitrogens with one attached hydrogen (secondary N) is 2. The molecular weight excluding hydrogens is 226 g/mol. The van der Waals surface area contributed by atoms with Gasteiger partial charge in [0.05, 0.1) is 0 Å². The molecule has 17 heavy (non-hydrogen) atoms. The van der Waals surface area contributed by atoms with E-state index in [1.165, 1.54) is 21.1 Å². The minimum Gasteiger partial charge on any atom is -0.357 e. The molecule has 94 valence electrons. The monoisotopic (exact) mass is 241 g/mol. The van der Waals surface area contributed by atoms with E-state index in [0.29, 0.717) is 0 Å². The Hall–Kier alpha value is -2.12. The second-order valence-electron chi connectivity index (χ2n) is 3.60. The summed E-state index contributed by atoms with van der Waals surface area (Å²) in [5.41, 5.74) is -1.09. The summed E-state index contributed by atoms with van der Waals surface area (Å²) >= 11 is 0. The lowest BCUT2D eigenvalue weighted by Crippen LogP contribution is -2.43. The van der Waals surface area contributed by atoms with Crippen LogP contribution in [0.4, 0.5) is 5.82 Å². The first-order chi connectivity index (χ1) is 7.88. The summed E-state index contributed by atoms with van der Waals surface area (Å²) in [6.07, 6.45) is 0. The third-order valence-electron chi connectivity index (χ3n) is 2.31. The van der Waals surface area contributed by atoms with Gasteiger partial charge in [0.2, 0.25) is 11.7 Å². The van der Waals surface area contributed by atoms with Gasteiger partial charge in [-0.2, -0.15) is 0 Å². The summed E-state index contributed by atoms with van der Waals surface area (Å²) in [6.45, 7) is 1.59.